The van der Waals surface area contributed by atoms with Crippen molar-refractivity contribution in [2.24, 2.45) is 0 Å². The summed E-state index contributed by atoms with van der Waals surface area (Å²) in [6.45, 7) is 6.89. The van der Waals surface area contributed by atoms with Crippen LogP contribution in [0.4, 0.5) is 18.9 Å². The first-order valence-electron chi connectivity index (χ1n) is 13.3. The molecule has 0 saturated carbocycles. The molecule has 0 bridgehead atoms. The Balaban J connectivity index is 0.00000441. The second-order valence-electron chi connectivity index (χ2n) is 10.2. The number of hydrogen-bond donors (Lipinski definition) is 0. The lowest BCUT2D eigenvalue weighted by molar-refractivity contribution is -0.388. The number of nitro groups is 1. The number of thiocarbonyl (C=S) groups is 1. The van der Waals surface area contributed by atoms with Crippen molar-refractivity contribution in [3.05, 3.63) is 69.3 Å². The lowest BCUT2D eigenvalue weighted by Gasteiger charge is -2.35. The van der Waals surface area contributed by atoms with Crippen LogP contribution in [0.15, 0.2) is 42.5 Å². The fourth-order valence-corrected chi connectivity index (χ4v) is 5.27. The van der Waals surface area contributed by atoms with Crippen molar-refractivity contribution in [3.8, 4) is 5.75 Å². The van der Waals surface area contributed by atoms with E-state index in [4.69, 9.17) is 21.7 Å². The highest BCUT2D eigenvalue weighted by Crippen LogP contribution is 2.38. The Hall–Kier alpha value is -2.76. The molecule has 4 rings (SSSR count). The second kappa shape index (κ2) is 14.2. The van der Waals surface area contributed by atoms with Crippen LogP contribution in [0.25, 0.3) is 0 Å². The van der Waals surface area contributed by atoms with Gasteiger partial charge in [0.05, 0.1) is 22.6 Å². The van der Waals surface area contributed by atoms with Crippen LogP contribution in [-0.4, -0.2) is 64.6 Å². The van der Waals surface area contributed by atoms with E-state index >= 15 is 0 Å². The summed E-state index contributed by atoms with van der Waals surface area (Å²) in [4.78, 5) is 15.4. The smallest absolute Gasteiger partial charge is 0.423 e. The minimum atomic E-state index is -4.83. The van der Waals surface area contributed by atoms with Crippen LogP contribution in [0.1, 0.15) is 56.2 Å². The first-order valence-corrected chi connectivity index (χ1v) is 13.7. The molecule has 2 aromatic carbocycles. The van der Waals surface area contributed by atoms with Crippen LogP contribution >= 0.6 is 12.2 Å². The third kappa shape index (κ3) is 8.87. The van der Waals surface area contributed by atoms with Crippen molar-refractivity contribution < 1.29 is 27.6 Å². The molecule has 40 heavy (non-hydrogen) atoms. The predicted octanol–water partition coefficient (Wildman–Crippen LogP) is 6.80. The number of halogens is 3. The molecular formula is C29H38F3N3O4S. The van der Waals surface area contributed by atoms with Crippen LogP contribution in [-0.2, 0) is 17.5 Å². The Labute approximate surface area is 239 Å². The highest BCUT2D eigenvalue weighted by atomic mass is 32.1. The molecule has 2 heterocycles. The standard InChI is InChI=1S/C28H34F3N3O4S.CH4/c1-20-2-4-21(5-3-20)19-37-22-8-13-32(14-9-22)15-12-27(39)33-16-10-23(11-17-33)38-24-6-7-26(34(35)36)25(18-24)28(29,30)31;/h2-7,18,22-23H,8-17,19H2,1H3;1H4. The van der Waals surface area contributed by atoms with Crippen LogP contribution in [0.5, 0.6) is 5.75 Å². The molecule has 0 spiro atoms. The van der Waals surface area contributed by atoms with Crippen LogP contribution in [0.2, 0.25) is 0 Å². The van der Waals surface area contributed by atoms with Gasteiger partial charge in [-0.25, -0.2) is 0 Å². The molecule has 2 aromatic rings. The molecule has 0 aromatic heterocycles. The Bertz CT molecular complexity index is 1130. The van der Waals surface area contributed by atoms with E-state index < -0.39 is 22.4 Å². The Morgan fingerprint density at radius 3 is 2.25 bits per heavy atom. The molecule has 2 fully saturated rings. The van der Waals surface area contributed by atoms with Gasteiger partial charge in [0.15, 0.2) is 0 Å². The predicted molar refractivity (Wildman–Crippen MR) is 153 cm³/mol. The quantitative estimate of drug-likeness (QED) is 0.183. The van der Waals surface area contributed by atoms with Gasteiger partial charge >= 0.3 is 6.18 Å². The zero-order valence-corrected chi connectivity index (χ0v) is 22.8. The van der Waals surface area contributed by atoms with E-state index in [9.17, 15) is 23.3 Å². The maximum atomic E-state index is 13.3. The summed E-state index contributed by atoms with van der Waals surface area (Å²) in [5.41, 5.74) is 0.161. The largest absolute Gasteiger partial charge is 0.490 e. The number of benzene rings is 2. The van der Waals surface area contributed by atoms with E-state index in [-0.39, 0.29) is 25.4 Å². The molecule has 0 unspecified atom stereocenters. The van der Waals surface area contributed by atoms with Gasteiger partial charge < -0.3 is 19.3 Å². The SMILES string of the molecule is C.Cc1ccc(COC2CCN(CCC(=S)N3CCC(Oc4ccc([N+](=O)[O-])c(C(F)(F)F)c4)CC3)CC2)cc1. The average molecular weight is 582 g/mol. The van der Waals surface area contributed by atoms with Crippen LogP contribution < -0.4 is 4.74 Å². The fourth-order valence-electron chi connectivity index (χ4n) is 5.00. The number of rotatable bonds is 9. The van der Waals surface area contributed by atoms with Crippen molar-refractivity contribution in [2.75, 3.05) is 32.7 Å². The molecule has 2 aliphatic rings. The minimum Gasteiger partial charge on any atom is -0.490 e. The van der Waals surface area contributed by atoms with E-state index in [1.54, 1.807) is 0 Å². The van der Waals surface area contributed by atoms with Gasteiger partial charge in [-0.05, 0) is 37.5 Å². The van der Waals surface area contributed by atoms with Gasteiger partial charge in [0.1, 0.15) is 17.4 Å². The van der Waals surface area contributed by atoms with Gasteiger partial charge in [-0.2, -0.15) is 13.2 Å². The first kappa shape index (κ1) is 31.8. The van der Waals surface area contributed by atoms with E-state index in [2.05, 4.69) is 41.0 Å². The van der Waals surface area contributed by atoms with Gasteiger partial charge in [-0.15, -0.1) is 0 Å². The monoisotopic (exact) mass is 581 g/mol. The molecule has 0 aliphatic carbocycles. The summed E-state index contributed by atoms with van der Waals surface area (Å²) in [6.07, 6.45) is -0.819. The lowest BCUT2D eigenvalue weighted by Crippen LogP contribution is -2.43. The number of likely N-dealkylation sites (tertiary alicyclic amines) is 2. The van der Waals surface area contributed by atoms with Gasteiger partial charge in [-0.3, -0.25) is 10.1 Å². The molecule has 0 N–H and O–H groups in total. The highest BCUT2D eigenvalue weighted by Gasteiger charge is 2.39. The number of piperidine rings is 2. The molecule has 2 saturated heterocycles. The number of ether oxygens (including phenoxy) is 2. The third-order valence-electron chi connectivity index (χ3n) is 7.35. The zero-order chi connectivity index (χ0) is 28.0. The Morgan fingerprint density at radius 1 is 1.02 bits per heavy atom. The molecule has 220 valence electrons. The minimum absolute atomic E-state index is 0. The summed E-state index contributed by atoms with van der Waals surface area (Å²) in [6, 6.07) is 11.2. The maximum Gasteiger partial charge on any atom is 0.423 e. The summed E-state index contributed by atoms with van der Waals surface area (Å²) in [7, 11) is 0. The zero-order valence-electron chi connectivity index (χ0n) is 22.0. The van der Waals surface area contributed by atoms with Crippen LogP contribution in [0.3, 0.4) is 0 Å². The summed E-state index contributed by atoms with van der Waals surface area (Å²) in [5.74, 6) is -0.0137. The summed E-state index contributed by atoms with van der Waals surface area (Å²) in [5, 5.41) is 11.0. The Kier molecular flexibility index (Phi) is 11.3. The number of hydrogen-bond acceptors (Lipinski definition) is 6. The molecular weight excluding hydrogens is 543 g/mol. The Morgan fingerprint density at radius 2 is 1.65 bits per heavy atom. The topological polar surface area (TPSA) is 68.1 Å². The maximum absolute atomic E-state index is 13.3. The van der Waals surface area contributed by atoms with Crippen LogP contribution in [0, 0.1) is 17.0 Å². The lowest BCUT2D eigenvalue weighted by atomic mass is 10.1. The average Bonchev–Trinajstić information content (AvgIpc) is 2.92. The van der Waals surface area contributed by atoms with Crippen molar-refractivity contribution in [1.82, 2.24) is 9.80 Å². The normalized spacial score (nSPS) is 17.4. The van der Waals surface area contributed by atoms with E-state index in [0.717, 1.165) is 50.0 Å². The van der Waals surface area contributed by atoms with Gasteiger partial charge in [0.2, 0.25) is 0 Å². The first-order chi connectivity index (χ1) is 18.6. The number of aryl methyl sites for hydroxylation is 1. The number of nitro benzene ring substituents is 1. The fraction of sp³-hybridized carbons (Fsp3) is 0.552. The van der Waals surface area contributed by atoms with Crippen molar-refractivity contribution in [3.63, 3.8) is 0 Å². The number of alkyl halides is 3. The molecule has 11 heteroatoms. The van der Waals surface area contributed by atoms with Gasteiger partial charge in [0.25, 0.3) is 5.69 Å². The van der Waals surface area contributed by atoms with Crippen molar-refractivity contribution in [1.29, 1.82) is 0 Å². The van der Waals surface area contributed by atoms with E-state index in [1.165, 1.54) is 17.2 Å². The molecule has 2 aliphatic heterocycles. The van der Waals surface area contributed by atoms with E-state index in [0.29, 0.717) is 38.6 Å². The molecule has 0 atom stereocenters. The summed E-state index contributed by atoms with van der Waals surface area (Å²) >= 11 is 5.68. The van der Waals surface area contributed by atoms with Crippen molar-refractivity contribution in [2.45, 2.75) is 71.4 Å². The molecule has 0 amide bonds. The van der Waals surface area contributed by atoms with Crippen molar-refractivity contribution >= 4 is 22.9 Å². The van der Waals surface area contributed by atoms with Gasteiger partial charge in [-0.1, -0.05) is 49.5 Å². The highest BCUT2D eigenvalue weighted by molar-refractivity contribution is 7.80. The van der Waals surface area contributed by atoms with Gasteiger partial charge in [0, 0.05) is 58.1 Å². The summed E-state index contributed by atoms with van der Waals surface area (Å²) < 4.78 is 51.6. The molecule has 0 radical (unpaired) electrons. The third-order valence-corrected chi connectivity index (χ3v) is 7.81. The van der Waals surface area contributed by atoms with E-state index in [1.807, 2.05) is 0 Å². The second-order valence-corrected chi connectivity index (χ2v) is 10.7. The molecule has 7 nitrogen and oxygen atoms in total. The number of nitrogens with zero attached hydrogens (tertiary/aromatic N) is 3.